The molecule has 1 unspecified atom stereocenters. The van der Waals surface area contributed by atoms with Crippen LogP contribution in [0.3, 0.4) is 0 Å². The first-order valence-electron chi connectivity index (χ1n) is 13.2. The fraction of sp³-hybridized carbons (Fsp3) is 0.310. The summed E-state index contributed by atoms with van der Waals surface area (Å²) in [5.41, 5.74) is 6.06. The Bertz CT molecular complexity index is 1650. The summed E-state index contributed by atoms with van der Waals surface area (Å²) in [4.78, 5) is 23.2. The van der Waals surface area contributed by atoms with Gasteiger partial charge in [-0.15, -0.1) is 5.10 Å². The number of anilines is 1. The van der Waals surface area contributed by atoms with E-state index >= 15 is 0 Å². The Morgan fingerprint density at radius 1 is 1.21 bits per heavy atom. The molecule has 2 N–H and O–H groups in total. The van der Waals surface area contributed by atoms with Crippen LogP contribution < -0.4 is 5.32 Å². The van der Waals surface area contributed by atoms with Crippen molar-refractivity contribution in [2.75, 3.05) is 18.5 Å². The number of halogens is 1. The number of carbonyl (C=O) groups is 1. The van der Waals surface area contributed by atoms with Gasteiger partial charge < -0.3 is 15.0 Å². The van der Waals surface area contributed by atoms with Crippen LogP contribution in [0.5, 0.6) is 0 Å². The van der Waals surface area contributed by atoms with E-state index in [1.54, 1.807) is 6.20 Å². The normalized spacial score (nSPS) is 17.4. The number of carbonyl (C=O) groups excluding carboxylic acids is 1. The van der Waals surface area contributed by atoms with E-state index in [1.807, 2.05) is 54.2 Å². The molecule has 0 saturated carbocycles. The molecule has 39 heavy (non-hydrogen) atoms. The zero-order chi connectivity index (χ0) is 26.9. The number of H-pyrrole nitrogens is 1. The van der Waals surface area contributed by atoms with Gasteiger partial charge in [-0.05, 0) is 49.7 Å². The van der Waals surface area contributed by atoms with E-state index < -0.39 is 6.04 Å². The third kappa shape index (κ3) is 4.95. The lowest BCUT2D eigenvalue weighted by atomic mass is 9.92. The van der Waals surface area contributed by atoms with Gasteiger partial charge in [0, 0.05) is 70.6 Å². The summed E-state index contributed by atoms with van der Waals surface area (Å²) in [5, 5.41) is 15.1. The third-order valence-corrected chi connectivity index (χ3v) is 7.65. The lowest BCUT2D eigenvalue weighted by Gasteiger charge is -2.38. The van der Waals surface area contributed by atoms with E-state index in [9.17, 15) is 4.79 Å². The van der Waals surface area contributed by atoms with Gasteiger partial charge in [-0.3, -0.25) is 19.4 Å². The van der Waals surface area contributed by atoms with E-state index in [-0.39, 0.29) is 12.0 Å². The molecule has 4 heterocycles. The average molecular weight is 544 g/mol. The number of fused-ring (bicyclic) bond motifs is 4. The van der Waals surface area contributed by atoms with Crippen molar-refractivity contribution < 1.29 is 9.53 Å². The Morgan fingerprint density at radius 3 is 2.95 bits per heavy atom. The molecule has 0 bridgehead atoms. The summed E-state index contributed by atoms with van der Waals surface area (Å²) in [6.07, 6.45) is 4.31. The Kier molecular flexibility index (Phi) is 6.93. The second-order valence-electron chi connectivity index (χ2n) is 9.80. The molecule has 9 nitrogen and oxygen atoms in total. The Labute approximate surface area is 231 Å². The standard InChI is InChI=1S/C29H30ClN7O2/c1-3-39-29(38)27-15-23-21-6-4-5-7-25(21)33-28(23)18(2)37(27)17-20-16-36(35-34-20)13-12-32-24-10-11-31-26-14-19(30)8-9-22(24)26/h4-11,14,16,18,27,33H,3,12-13,15,17H2,1-2H3,(H,31,32)/t18-,27?/m1/s1. The topological polar surface area (TPSA) is 101 Å². The zero-order valence-corrected chi connectivity index (χ0v) is 22.7. The van der Waals surface area contributed by atoms with Crippen molar-refractivity contribution in [3.05, 3.63) is 82.9 Å². The smallest absolute Gasteiger partial charge is 0.323 e. The number of rotatable bonds is 8. The highest BCUT2D eigenvalue weighted by atomic mass is 35.5. The van der Waals surface area contributed by atoms with Gasteiger partial charge in [0.2, 0.25) is 0 Å². The van der Waals surface area contributed by atoms with Crippen LogP contribution in [0.4, 0.5) is 5.69 Å². The summed E-state index contributed by atoms with van der Waals surface area (Å²) < 4.78 is 7.31. The van der Waals surface area contributed by atoms with Crippen LogP contribution in [0.2, 0.25) is 5.02 Å². The molecule has 2 aromatic carbocycles. The van der Waals surface area contributed by atoms with E-state index in [0.29, 0.717) is 37.7 Å². The van der Waals surface area contributed by atoms with Crippen LogP contribution in [0, 0.1) is 0 Å². The molecule has 0 amide bonds. The summed E-state index contributed by atoms with van der Waals surface area (Å²) in [5.74, 6) is -0.206. The van der Waals surface area contributed by atoms with Crippen molar-refractivity contribution in [2.45, 2.75) is 45.4 Å². The summed E-state index contributed by atoms with van der Waals surface area (Å²) in [7, 11) is 0. The van der Waals surface area contributed by atoms with E-state index in [0.717, 1.165) is 38.9 Å². The number of nitrogens with zero attached hydrogens (tertiary/aromatic N) is 5. The zero-order valence-electron chi connectivity index (χ0n) is 21.9. The number of aromatic nitrogens is 5. The molecule has 10 heteroatoms. The lowest BCUT2D eigenvalue weighted by Crippen LogP contribution is -2.47. The molecule has 0 fully saturated rings. The minimum absolute atomic E-state index is 0.0177. The minimum Gasteiger partial charge on any atom is -0.465 e. The van der Waals surface area contributed by atoms with Crippen molar-refractivity contribution in [3.63, 3.8) is 0 Å². The van der Waals surface area contributed by atoms with Gasteiger partial charge in [0.05, 0.1) is 24.4 Å². The Balaban J connectivity index is 1.17. The maximum absolute atomic E-state index is 13.1. The first-order valence-corrected chi connectivity index (χ1v) is 13.6. The number of hydrogen-bond acceptors (Lipinski definition) is 7. The molecule has 200 valence electrons. The van der Waals surface area contributed by atoms with Gasteiger partial charge >= 0.3 is 5.97 Å². The van der Waals surface area contributed by atoms with E-state index in [1.165, 1.54) is 5.56 Å². The van der Waals surface area contributed by atoms with Crippen LogP contribution in [0.25, 0.3) is 21.8 Å². The van der Waals surface area contributed by atoms with Crippen molar-refractivity contribution in [2.24, 2.45) is 0 Å². The number of benzene rings is 2. The number of ether oxygens (including phenoxy) is 1. The quantitative estimate of drug-likeness (QED) is 0.262. The SMILES string of the molecule is CCOC(=O)C1Cc2c([nH]c3ccccc23)[C@@H](C)N1Cc1cn(CCNc2ccnc3cc(Cl)ccc23)nn1. The molecule has 0 spiro atoms. The first kappa shape index (κ1) is 25.3. The summed E-state index contributed by atoms with van der Waals surface area (Å²) >= 11 is 6.11. The van der Waals surface area contributed by atoms with Crippen molar-refractivity contribution in [1.82, 2.24) is 29.9 Å². The number of aromatic amines is 1. The molecule has 1 aliphatic heterocycles. The first-order chi connectivity index (χ1) is 19.0. The molecule has 3 aromatic heterocycles. The number of hydrogen-bond donors (Lipinski definition) is 2. The number of pyridine rings is 1. The van der Waals surface area contributed by atoms with Gasteiger partial charge in [-0.2, -0.15) is 0 Å². The van der Waals surface area contributed by atoms with Crippen LogP contribution >= 0.6 is 11.6 Å². The fourth-order valence-corrected chi connectivity index (χ4v) is 5.70. The Morgan fingerprint density at radius 2 is 2.08 bits per heavy atom. The molecule has 0 radical (unpaired) electrons. The van der Waals surface area contributed by atoms with Crippen molar-refractivity contribution in [3.8, 4) is 0 Å². The monoisotopic (exact) mass is 543 g/mol. The van der Waals surface area contributed by atoms with Gasteiger partial charge in [0.1, 0.15) is 6.04 Å². The van der Waals surface area contributed by atoms with Gasteiger partial charge in [0.25, 0.3) is 0 Å². The van der Waals surface area contributed by atoms with Crippen LogP contribution in [-0.2, 0) is 29.0 Å². The molecular weight excluding hydrogens is 514 g/mol. The summed E-state index contributed by atoms with van der Waals surface area (Å²) in [6, 6.07) is 15.5. The highest BCUT2D eigenvalue weighted by molar-refractivity contribution is 6.31. The lowest BCUT2D eigenvalue weighted by molar-refractivity contribution is -0.151. The molecule has 1 aliphatic rings. The van der Waals surface area contributed by atoms with Gasteiger partial charge in [0.15, 0.2) is 0 Å². The van der Waals surface area contributed by atoms with Gasteiger partial charge in [-0.25, -0.2) is 0 Å². The van der Waals surface area contributed by atoms with E-state index in [4.69, 9.17) is 16.3 Å². The maximum Gasteiger partial charge on any atom is 0.323 e. The predicted octanol–water partition coefficient (Wildman–Crippen LogP) is 5.12. The number of esters is 1. The average Bonchev–Trinajstić information content (AvgIpc) is 3.54. The van der Waals surface area contributed by atoms with Crippen molar-refractivity contribution in [1.29, 1.82) is 0 Å². The minimum atomic E-state index is -0.396. The molecular formula is C29H30ClN7O2. The van der Waals surface area contributed by atoms with Crippen molar-refractivity contribution >= 4 is 45.1 Å². The molecule has 5 aromatic rings. The Hall–Kier alpha value is -3.95. The van der Waals surface area contributed by atoms with Crippen LogP contribution in [-0.4, -0.2) is 55.0 Å². The second-order valence-corrected chi connectivity index (χ2v) is 10.2. The van der Waals surface area contributed by atoms with Gasteiger partial charge in [-0.1, -0.05) is 35.0 Å². The highest BCUT2D eigenvalue weighted by Crippen LogP contribution is 2.38. The number of nitrogens with one attached hydrogen (secondary N) is 2. The summed E-state index contributed by atoms with van der Waals surface area (Å²) in [6.45, 7) is 6.10. The second kappa shape index (κ2) is 10.7. The molecule has 2 atom stereocenters. The van der Waals surface area contributed by atoms with Crippen LogP contribution in [0.15, 0.2) is 60.9 Å². The van der Waals surface area contributed by atoms with Crippen LogP contribution in [0.1, 0.15) is 36.8 Å². The highest BCUT2D eigenvalue weighted by Gasteiger charge is 2.39. The fourth-order valence-electron chi connectivity index (χ4n) is 5.54. The molecule has 0 saturated heterocycles. The third-order valence-electron chi connectivity index (χ3n) is 7.41. The van der Waals surface area contributed by atoms with E-state index in [2.05, 4.69) is 49.6 Å². The number of para-hydroxylation sites is 1. The molecule has 0 aliphatic carbocycles. The maximum atomic E-state index is 13.1. The molecule has 6 rings (SSSR count). The largest absolute Gasteiger partial charge is 0.465 e. The predicted molar refractivity (Wildman–Crippen MR) is 152 cm³/mol.